The third-order valence-electron chi connectivity index (χ3n) is 18.9. The summed E-state index contributed by atoms with van der Waals surface area (Å²) in [7, 11) is 6.81. The number of hydrogen-bond acceptors (Lipinski definition) is 23. The topological polar surface area (TPSA) is 294 Å². The molecule has 25 heteroatoms. The molecule has 0 saturated carbocycles. The summed E-state index contributed by atoms with van der Waals surface area (Å²) in [5.41, 5.74) is 0.0852. The van der Waals surface area contributed by atoms with E-state index < -0.39 is 40.9 Å². The highest BCUT2D eigenvalue weighted by Crippen LogP contribution is 2.38. The number of methoxy groups -OCH3 is 2. The highest BCUT2D eigenvalue weighted by atomic mass is 79.9. The average molecular weight is 1640 g/mol. The fourth-order valence-corrected chi connectivity index (χ4v) is 13.5. The van der Waals surface area contributed by atoms with Crippen molar-refractivity contribution in [1.82, 2.24) is 0 Å². The highest BCUT2D eigenvalue weighted by Gasteiger charge is 2.31. The van der Waals surface area contributed by atoms with Gasteiger partial charge in [0.15, 0.2) is 0 Å². The van der Waals surface area contributed by atoms with Crippen LogP contribution in [-0.2, 0) is 81.0 Å². The number of rotatable bonds is 39. The number of halogens is 1. The zero-order valence-corrected chi connectivity index (χ0v) is 70.5. The molecule has 0 radical (unpaired) electrons. The van der Waals surface area contributed by atoms with Crippen LogP contribution in [0.4, 0.5) is 0 Å². The van der Waals surface area contributed by atoms with Crippen LogP contribution in [0.3, 0.4) is 0 Å². The molecule has 8 rings (SSSR count). The van der Waals surface area contributed by atoms with E-state index in [1.165, 1.54) is 59.3 Å². The molecule has 0 aliphatic rings. The molecule has 0 aromatic heterocycles. The molecule has 8 aromatic carbocycles. The van der Waals surface area contributed by atoms with Crippen LogP contribution in [0, 0.1) is 34.5 Å². The molecule has 8 aromatic rings. The first-order chi connectivity index (χ1) is 52.2. The molecule has 0 aliphatic heterocycles. The molecular formula is C86H114BrNO21S2. The van der Waals surface area contributed by atoms with E-state index in [1.54, 1.807) is 47.6 Å². The maximum absolute atomic E-state index is 13.4. The lowest BCUT2D eigenvalue weighted by molar-refractivity contribution is -0.882. The number of ether oxygens (including phenoxy) is 9. The van der Waals surface area contributed by atoms with Crippen LogP contribution in [0.1, 0.15) is 149 Å². The largest absolute Gasteiger partial charge is 1.00 e. The van der Waals surface area contributed by atoms with Gasteiger partial charge < -0.3 is 74.3 Å². The first kappa shape index (κ1) is 95.2. The molecule has 608 valence electrons. The maximum atomic E-state index is 13.4. The summed E-state index contributed by atoms with van der Waals surface area (Å²) in [5, 5.41) is 32.8. The molecule has 0 spiro atoms. The quantitative estimate of drug-likeness (QED) is 0.00903. The molecule has 0 saturated heterocycles. The predicted octanol–water partition coefficient (Wildman–Crippen LogP) is 11.8. The monoisotopic (exact) mass is 1640 g/mol. The number of benzene rings is 8. The standard InChI is InChI=1S/C28H32NO3.C24H22O4.2C17H30O7S.BrH/c1-5-19(2)28(31)32-17-7-16-29(3,4)18-25(30)23-14-12-22-11-10-20-8-6-9-21-13-15-24(23)27(22)26(20)21;1-3-15(2)23(25)27-13-14-28-24(26)20-12-10-18-8-7-16-5-4-6-17-9-11-19(20)22(18)21(16)17;2*1-6-12(2)15(20)24-10-13(18)9-23-14(19)7-8-25-11-17(3,4)16(21)22-5;/h6,8-15,19H,5,7,16-18H2,1-4H3;4-12,15H,3,13-14H2,1-2H3;2*12-13,18H,6-11H2,1-5H3;1H/q+1;;;;/p-1. The number of aliphatic hydroxyl groups is 2. The van der Waals surface area contributed by atoms with Crippen molar-refractivity contribution in [2.24, 2.45) is 34.5 Å². The summed E-state index contributed by atoms with van der Waals surface area (Å²) in [4.78, 5) is 119. The number of hydrogen-bond donors (Lipinski definition) is 2. The van der Waals surface area contributed by atoms with Gasteiger partial charge in [-0.2, -0.15) is 23.5 Å². The Labute approximate surface area is 671 Å². The normalized spacial score (nSPS) is 13.1. The minimum absolute atomic E-state index is 0. The number of quaternary nitrogens is 1. The Morgan fingerprint density at radius 1 is 0.423 bits per heavy atom. The molecule has 111 heavy (non-hydrogen) atoms. The molecule has 0 fully saturated rings. The first-order valence-electron chi connectivity index (χ1n) is 37.7. The van der Waals surface area contributed by atoms with Gasteiger partial charge >= 0.3 is 53.7 Å². The van der Waals surface area contributed by atoms with E-state index in [1.807, 2.05) is 71.9 Å². The van der Waals surface area contributed by atoms with E-state index in [0.29, 0.717) is 59.1 Å². The van der Waals surface area contributed by atoms with Crippen molar-refractivity contribution in [3.63, 3.8) is 0 Å². The number of Topliss-reactive ketones (excluding diaryl/α,β-unsaturated/α-hetero) is 1. The Balaban J connectivity index is 0.000000313. The number of aliphatic hydroxyl groups excluding tert-OH is 2. The summed E-state index contributed by atoms with van der Waals surface area (Å²) in [5.74, 6) is -1.50. The zero-order valence-electron chi connectivity index (χ0n) is 67.3. The number of esters is 9. The lowest BCUT2D eigenvalue weighted by Gasteiger charge is -2.29. The summed E-state index contributed by atoms with van der Waals surface area (Å²) in [6.45, 7) is 22.8. The van der Waals surface area contributed by atoms with Gasteiger partial charge in [0.05, 0.1) is 94.4 Å². The van der Waals surface area contributed by atoms with Gasteiger partial charge in [0.25, 0.3) is 0 Å². The zero-order chi connectivity index (χ0) is 81.5. The van der Waals surface area contributed by atoms with Crippen molar-refractivity contribution >= 4 is 148 Å². The van der Waals surface area contributed by atoms with Crippen LogP contribution >= 0.6 is 23.5 Å². The lowest BCUT2D eigenvalue weighted by Crippen LogP contribution is -3.00. The van der Waals surface area contributed by atoms with Crippen molar-refractivity contribution in [3.8, 4) is 0 Å². The summed E-state index contributed by atoms with van der Waals surface area (Å²) in [6, 6.07) is 37.0. The third-order valence-corrected chi connectivity index (χ3v) is 21.8. The van der Waals surface area contributed by atoms with Gasteiger partial charge in [0.2, 0.25) is 5.78 Å². The lowest BCUT2D eigenvalue weighted by atomic mass is 9.91. The van der Waals surface area contributed by atoms with E-state index in [9.17, 15) is 58.2 Å². The van der Waals surface area contributed by atoms with Gasteiger partial charge in [-0.05, 0) is 130 Å². The van der Waals surface area contributed by atoms with Crippen LogP contribution in [0.5, 0.6) is 0 Å². The van der Waals surface area contributed by atoms with Gasteiger partial charge in [0.1, 0.15) is 58.4 Å². The smallest absolute Gasteiger partial charge is 0.338 e. The number of carbonyl (C=O) groups is 10. The van der Waals surface area contributed by atoms with Crippen molar-refractivity contribution < 1.29 is 122 Å². The second-order valence-electron chi connectivity index (χ2n) is 29.5. The molecule has 6 atom stereocenters. The predicted molar refractivity (Wildman–Crippen MR) is 432 cm³/mol. The van der Waals surface area contributed by atoms with Gasteiger partial charge in [0, 0.05) is 35.0 Å². The van der Waals surface area contributed by atoms with Gasteiger partial charge in [-0.1, -0.05) is 152 Å². The van der Waals surface area contributed by atoms with Crippen LogP contribution < -0.4 is 17.0 Å². The molecular weight excluding hydrogens is 1530 g/mol. The molecule has 0 aliphatic carbocycles. The van der Waals surface area contributed by atoms with Crippen molar-refractivity contribution in [3.05, 3.63) is 120 Å². The second kappa shape index (κ2) is 46.7. The molecule has 0 amide bonds. The van der Waals surface area contributed by atoms with Crippen LogP contribution in [0.25, 0.3) is 64.6 Å². The number of thioether (sulfide) groups is 2. The van der Waals surface area contributed by atoms with Gasteiger partial charge in [-0.3, -0.25) is 43.2 Å². The van der Waals surface area contributed by atoms with E-state index in [4.69, 9.17) is 42.6 Å². The van der Waals surface area contributed by atoms with Gasteiger partial charge in [-0.15, -0.1) is 0 Å². The first-order valence-corrected chi connectivity index (χ1v) is 40.0. The molecule has 0 heterocycles. The molecule has 0 bridgehead atoms. The van der Waals surface area contributed by atoms with E-state index in [-0.39, 0.29) is 135 Å². The average Bonchev–Trinajstić information content (AvgIpc) is 0.745. The Morgan fingerprint density at radius 2 is 0.748 bits per heavy atom. The Morgan fingerprint density at radius 3 is 1.14 bits per heavy atom. The fourth-order valence-electron chi connectivity index (χ4n) is 11.3. The van der Waals surface area contributed by atoms with Crippen LogP contribution in [-0.4, -0.2) is 197 Å². The Hall–Kier alpha value is -8.20. The molecule has 22 nitrogen and oxygen atoms in total. The second-order valence-corrected chi connectivity index (χ2v) is 31.7. The maximum Gasteiger partial charge on any atom is 0.338 e. The summed E-state index contributed by atoms with van der Waals surface area (Å²) in [6.07, 6.45) is 1.83. The Bertz CT molecular complexity index is 4240. The van der Waals surface area contributed by atoms with E-state index in [0.717, 1.165) is 74.5 Å². The van der Waals surface area contributed by atoms with Crippen molar-refractivity contribution in [1.29, 1.82) is 0 Å². The van der Waals surface area contributed by atoms with Crippen LogP contribution in [0.2, 0.25) is 0 Å². The van der Waals surface area contributed by atoms with Crippen molar-refractivity contribution in [2.75, 3.05) is 111 Å². The molecule has 6 unspecified atom stereocenters. The minimum Gasteiger partial charge on any atom is -1.00 e. The fraction of sp³-hybridized carbons (Fsp3) is 0.512. The number of likely N-dealkylation sites (N-methyl/N-ethyl adjacent to an activating group) is 1. The Kier molecular flexibility index (Phi) is 40.1. The van der Waals surface area contributed by atoms with Crippen LogP contribution in [0.15, 0.2) is 109 Å². The summed E-state index contributed by atoms with van der Waals surface area (Å²) >= 11 is 2.91. The number of nitrogens with zero attached hydrogens (tertiary/aromatic N) is 1. The highest BCUT2D eigenvalue weighted by molar-refractivity contribution is 7.99. The number of ketones is 1. The summed E-state index contributed by atoms with van der Waals surface area (Å²) < 4.78 is 45.6. The molecule has 2 N–H and O–H groups in total. The minimum atomic E-state index is -1.04. The SMILES string of the molecule is CCC(C)C(=O)OCC(O)COC(=O)CCSCC(C)(C)C(=O)OC.CCC(C)C(=O)OCC(O)COC(=O)CCSCC(C)(C)C(=O)OC.CCC(C)C(=O)OCCC[N+](C)(C)CC(=O)c1ccc2ccc3cccc4ccc1c2c34.CCC(C)C(=O)OCCOC(=O)c1ccc2ccc3cccc4ccc1c2c34.[Br-]. The van der Waals surface area contributed by atoms with E-state index >= 15 is 0 Å². The van der Waals surface area contributed by atoms with Gasteiger partial charge in [-0.25, -0.2) is 4.79 Å². The van der Waals surface area contributed by atoms with E-state index in [2.05, 4.69) is 86.9 Å². The third kappa shape index (κ3) is 29.4. The number of carbonyl (C=O) groups excluding carboxylic acids is 10. The van der Waals surface area contributed by atoms with Crippen molar-refractivity contribution in [2.45, 2.75) is 140 Å².